The van der Waals surface area contributed by atoms with Gasteiger partial charge in [0.1, 0.15) is 0 Å². The molecular weight excluding hydrogens is 200 g/mol. The van der Waals surface area contributed by atoms with Gasteiger partial charge < -0.3 is 9.84 Å². The van der Waals surface area contributed by atoms with E-state index in [1.54, 1.807) is 0 Å². The van der Waals surface area contributed by atoms with Crippen LogP contribution < -0.4 is 0 Å². The molecule has 0 heterocycles. The van der Waals surface area contributed by atoms with Gasteiger partial charge >= 0.3 is 0 Å². The summed E-state index contributed by atoms with van der Waals surface area (Å²) in [7, 11) is 0. The number of aliphatic hydroxyl groups excluding tert-OH is 1. The summed E-state index contributed by atoms with van der Waals surface area (Å²) in [4.78, 5) is 0. The molecule has 0 aromatic rings. The van der Waals surface area contributed by atoms with Gasteiger partial charge in [0.2, 0.25) is 0 Å². The van der Waals surface area contributed by atoms with Crippen LogP contribution in [0.3, 0.4) is 0 Å². The van der Waals surface area contributed by atoms with Crippen LogP contribution in [0.15, 0.2) is 0 Å². The fraction of sp³-hybridized carbons (Fsp3) is 1.00. The SMILES string of the molecule is CC1CCC(C(C)C)CC1.CCOCCO. The fourth-order valence-corrected chi connectivity index (χ4v) is 2.16. The molecule has 0 aromatic heterocycles. The molecule has 0 amide bonds. The minimum Gasteiger partial charge on any atom is -0.394 e. The first-order valence-corrected chi connectivity index (χ1v) is 6.80. The van der Waals surface area contributed by atoms with Gasteiger partial charge in [0, 0.05) is 6.61 Å². The molecule has 1 fully saturated rings. The minimum absolute atomic E-state index is 0.133. The monoisotopic (exact) mass is 230 g/mol. The lowest BCUT2D eigenvalue weighted by molar-refractivity contribution is 0.102. The Kier molecular flexibility index (Phi) is 10.0. The van der Waals surface area contributed by atoms with Gasteiger partial charge in [0.25, 0.3) is 0 Å². The Morgan fingerprint density at radius 1 is 1.19 bits per heavy atom. The molecule has 0 spiro atoms. The van der Waals surface area contributed by atoms with E-state index in [4.69, 9.17) is 9.84 Å². The standard InChI is InChI=1S/C10H20.C4H10O2/c1-8(2)10-6-4-9(3)5-7-10;1-2-6-4-3-5/h8-10H,4-7H2,1-3H3;5H,2-4H2,1H3. The highest BCUT2D eigenvalue weighted by molar-refractivity contribution is 4.71. The van der Waals surface area contributed by atoms with Crippen LogP contribution in [0.4, 0.5) is 0 Å². The first kappa shape index (κ1) is 15.9. The molecule has 1 saturated carbocycles. The van der Waals surface area contributed by atoms with Gasteiger partial charge in [-0.15, -0.1) is 0 Å². The van der Waals surface area contributed by atoms with Crippen LogP contribution in [0.2, 0.25) is 0 Å². The number of hydrogen-bond acceptors (Lipinski definition) is 2. The summed E-state index contributed by atoms with van der Waals surface area (Å²) in [5.41, 5.74) is 0. The molecule has 0 atom stereocenters. The average Bonchev–Trinajstić information content (AvgIpc) is 2.28. The van der Waals surface area contributed by atoms with E-state index in [1.807, 2.05) is 6.92 Å². The second-order valence-electron chi connectivity index (χ2n) is 5.18. The van der Waals surface area contributed by atoms with Crippen molar-refractivity contribution in [3.8, 4) is 0 Å². The van der Waals surface area contributed by atoms with Gasteiger partial charge in [-0.3, -0.25) is 0 Å². The van der Waals surface area contributed by atoms with Crippen molar-refractivity contribution in [2.45, 2.75) is 53.4 Å². The van der Waals surface area contributed by atoms with Gasteiger partial charge in [0.05, 0.1) is 13.2 Å². The first-order chi connectivity index (χ1) is 7.61. The third-order valence-corrected chi connectivity index (χ3v) is 3.44. The zero-order chi connectivity index (χ0) is 12.4. The van der Waals surface area contributed by atoms with E-state index >= 15 is 0 Å². The molecule has 0 saturated heterocycles. The summed E-state index contributed by atoms with van der Waals surface area (Å²) in [5.74, 6) is 2.97. The van der Waals surface area contributed by atoms with E-state index in [9.17, 15) is 0 Å². The zero-order valence-electron chi connectivity index (χ0n) is 11.5. The second kappa shape index (κ2) is 10.1. The normalized spacial score (nSPS) is 25.1. The molecule has 1 N–H and O–H groups in total. The van der Waals surface area contributed by atoms with E-state index in [2.05, 4.69) is 20.8 Å². The zero-order valence-corrected chi connectivity index (χ0v) is 11.5. The largest absolute Gasteiger partial charge is 0.394 e. The number of aliphatic hydroxyl groups is 1. The molecule has 0 radical (unpaired) electrons. The van der Waals surface area contributed by atoms with Gasteiger partial charge in [-0.05, 0) is 37.5 Å². The summed E-state index contributed by atoms with van der Waals surface area (Å²) < 4.78 is 4.73. The lowest BCUT2D eigenvalue weighted by Crippen LogP contribution is -2.16. The third-order valence-electron chi connectivity index (χ3n) is 3.44. The van der Waals surface area contributed by atoms with Crippen molar-refractivity contribution < 1.29 is 9.84 Å². The Morgan fingerprint density at radius 2 is 1.75 bits per heavy atom. The Hall–Kier alpha value is -0.0800. The lowest BCUT2D eigenvalue weighted by Gasteiger charge is -2.28. The molecule has 2 nitrogen and oxygen atoms in total. The van der Waals surface area contributed by atoms with Gasteiger partial charge in [-0.2, -0.15) is 0 Å². The van der Waals surface area contributed by atoms with E-state index in [0.29, 0.717) is 13.2 Å². The number of ether oxygens (including phenoxy) is 1. The summed E-state index contributed by atoms with van der Waals surface area (Å²) in [6.07, 6.45) is 5.92. The van der Waals surface area contributed by atoms with Gasteiger partial charge in [-0.1, -0.05) is 33.6 Å². The Balaban J connectivity index is 0.000000325. The van der Waals surface area contributed by atoms with Crippen LogP contribution in [0, 0.1) is 17.8 Å². The van der Waals surface area contributed by atoms with Crippen molar-refractivity contribution in [3.63, 3.8) is 0 Å². The highest BCUT2D eigenvalue weighted by Gasteiger charge is 2.19. The summed E-state index contributed by atoms with van der Waals surface area (Å²) in [6, 6.07) is 0. The summed E-state index contributed by atoms with van der Waals surface area (Å²) >= 11 is 0. The topological polar surface area (TPSA) is 29.5 Å². The Bertz CT molecular complexity index is 134. The van der Waals surface area contributed by atoms with Gasteiger partial charge in [-0.25, -0.2) is 0 Å². The van der Waals surface area contributed by atoms with E-state index < -0.39 is 0 Å². The molecular formula is C14H30O2. The lowest BCUT2D eigenvalue weighted by atomic mass is 9.78. The Morgan fingerprint density at radius 3 is 2.06 bits per heavy atom. The quantitative estimate of drug-likeness (QED) is 0.749. The molecule has 1 aliphatic rings. The van der Waals surface area contributed by atoms with Gasteiger partial charge in [0.15, 0.2) is 0 Å². The maximum Gasteiger partial charge on any atom is 0.0697 e. The highest BCUT2D eigenvalue weighted by Crippen LogP contribution is 2.32. The van der Waals surface area contributed by atoms with Crippen molar-refractivity contribution in [3.05, 3.63) is 0 Å². The summed E-state index contributed by atoms with van der Waals surface area (Å²) in [5, 5.41) is 8.07. The van der Waals surface area contributed by atoms with Crippen molar-refractivity contribution in [1.29, 1.82) is 0 Å². The molecule has 0 aromatic carbocycles. The molecule has 0 aliphatic heterocycles. The number of rotatable bonds is 4. The van der Waals surface area contributed by atoms with E-state index in [-0.39, 0.29) is 6.61 Å². The van der Waals surface area contributed by atoms with Crippen molar-refractivity contribution in [2.24, 2.45) is 17.8 Å². The highest BCUT2D eigenvalue weighted by atomic mass is 16.5. The van der Waals surface area contributed by atoms with Crippen LogP contribution in [-0.4, -0.2) is 24.9 Å². The number of hydrogen-bond donors (Lipinski definition) is 1. The van der Waals surface area contributed by atoms with Crippen molar-refractivity contribution in [1.82, 2.24) is 0 Å². The van der Waals surface area contributed by atoms with E-state index in [0.717, 1.165) is 17.8 Å². The van der Waals surface area contributed by atoms with E-state index in [1.165, 1.54) is 25.7 Å². The first-order valence-electron chi connectivity index (χ1n) is 6.80. The van der Waals surface area contributed by atoms with Crippen LogP contribution in [0.1, 0.15) is 53.4 Å². The molecule has 98 valence electrons. The molecule has 1 rings (SSSR count). The predicted octanol–water partition coefficient (Wildman–Crippen LogP) is 3.48. The fourth-order valence-electron chi connectivity index (χ4n) is 2.16. The molecule has 0 unspecified atom stereocenters. The van der Waals surface area contributed by atoms with Crippen molar-refractivity contribution >= 4 is 0 Å². The maximum atomic E-state index is 8.07. The molecule has 2 heteroatoms. The Labute approximate surface area is 101 Å². The van der Waals surface area contributed by atoms with Crippen molar-refractivity contribution in [2.75, 3.05) is 19.8 Å². The van der Waals surface area contributed by atoms with Crippen LogP contribution in [0.25, 0.3) is 0 Å². The van der Waals surface area contributed by atoms with Crippen LogP contribution >= 0.6 is 0 Å². The van der Waals surface area contributed by atoms with Crippen LogP contribution in [0.5, 0.6) is 0 Å². The molecule has 1 aliphatic carbocycles. The second-order valence-corrected chi connectivity index (χ2v) is 5.18. The third kappa shape index (κ3) is 8.12. The molecule has 16 heavy (non-hydrogen) atoms. The smallest absolute Gasteiger partial charge is 0.0697 e. The molecule has 0 bridgehead atoms. The predicted molar refractivity (Wildman–Crippen MR) is 69.5 cm³/mol. The minimum atomic E-state index is 0.133. The average molecular weight is 230 g/mol. The summed E-state index contributed by atoms with van der Waals surface area (Å²) in [6.45, 7) is 10.3. The van der Waals surface area contributed by atoms with Crippen LogP contribution in [-0.2, 0) is 4.74 Å². The maximum absolute atomic E-state index is 8.07.